The first-order valence-corrected chi connectivity index (χ1v) is 11.1. The van der Waals surface area contributed by atoms with Crippen molar-refractivity contribution in [2.45, 2.75) is 12.1 Å². The number of hydrogen-bond donors (Lipinski definition) is 1. The lowest BCUT2D eigenvalue weighted by atomic mass is 9.84. The predicted molar refractivity (Wildman–Crippen MR) is 126 cm³/mol. The van der Waals surface area contributed by atoms with E-state index < -0.39 is 0 Å². The molecule has 0 amide bonds. The summed E-state index contributed by atoms with van der Waals surface area (Å²) in [5, 5.41) is 8.08. The summed E-state index contributed by atoms with van der Waals surface area (Å²) < 4.78 is 14.9. The second-order valence-electron chi connectivity index (χ2n) is 7.70. The molecule has 0 aliphatic carbocycles. The summed E-state index contributed by atoms with van der Waals surface area (Å²) in [4.78, 5) is 4.47. The van der Waals surface area contributed by atoms with Crippen molar-refractivity contribution in [3.63, 3.8) is 0 Å². The third kappa shape index (κ3) is 3.00. The van der Waals surface area contributed by atoms with Crippen LogP contribution in [0.4, 0.5) is 5.95 Å². The third-order valence-corrected chi connectivity index (χ3v) is 6.45. The van der Waals surface area contributed by atoms with Gasteiger partial charge in [-0.2, -0.15) is 10.1 Å². The maximum absolute atomic E-state index is 6.62. The van der Waals surface area contributed by atoms with Gasteiger partial charge in [0, 0.05) is 15.6 Å². The number of ether oxygens (including phenoxy) is 2. The van der Waals surface area contributed by atoms with E-state index in [2.05, 4.69) is 61.7 Å². The van der Waals surface area contributed by atoms with Crippen LogP contribution < -0.4 is 14.8 Å². The summed E-state index contributed by atoms with van der Waals surface area (Å²) in [5.41, 5.74) is 5.27. The number of halogens is 1. The van der Waals surface area contributed by atoms with Crippen LogP contribution in [0.1, 0.15) is 28.8 Å². The molecule has 3 heterocycles. The fraction of sp³-hybridized carbons (Fsp3) is 0.120. The van der Waals surface area contributed by atoms with Gasteiger partial charge >= 0.3 is 0 Å². The van der Waals surface area contributed by atoms with E-state index in [4.69, 9.17) is 9.47 Å². The average Bonchev–Trinajstić information content (AvgIpc) is 3.31. The van der Waals surface area contributed by atoms with Crippen LogP contribution in [0.15, 0.2) is 89.2 Å². The second kappa shape index (κ2) is 7.53. The minimum absolute atomic E-state index is 0.184. The molecule has 6 nitrogen and oxygen atoms in total. The average molecular weight is 487 g/mol. The number of rotatable bonds is 3. The van der Waals surface area contributed by atoms with E-state index in [1.54, 1.807) is 13.4 Å². The highest BCUT2D eigenvalue weighted by atomic mass is 79.9. The number of hydrogen-bond acceptors (Lipinski definition) is 5. The lowest BCUT2D eigenvalue weighted by Crippen LogP contribution is -2.32. The molecule has 0 saturated heterocycles. The van der Waals surface area contributed by atoms with Crippen LogP contribution in [0.25, 0.3) is 5.70 Å². The van der Waals surface area contributed by atoms with Crippen molar-refractivity contribution in [2.24, 2.45) is 0 Å². The molecular formula is C25H19BrN4O2. The minimum atomic E-state index is -0.287. The molecule has 0 unspecified atom stereocenters. The molecule has 0 bridgehead atoms. The highest BCUT2D eigenvalue weighted by molar-refractivity contribution is 9.10. The molecule has 3 aromatic carbocycles. The number of anilines is 1. The smallest absolute Gasteiger partial charge is 0.226 e. The van der Waals surface area contributed by atoms with E-state index in [0.29, 0.717) is 5.95 Å². The predicted octanol–water partition coefficient (Wildman–Crippen LogP) is 5.61. The summed E-state index contributed by atoms with van der Waals surface area (Å²) >= 11 is 3.54. The van der Waals surface area contributed by atoms with Crippen molar-refractivity contribution in [2.75, 3.05) is 12.4 Å². The molecule has 0 spiro atoms. The molecule has 0 saturated carbocycles. The van der Waals surface area contributed by atoms with Crippen molar-refractivity contribution < 1.29 is 9.47 Å². The van der Waals surface area contributed by atoms with Crippen LogP contribution >= 0.6 is 15.9 Å². The topological polar surface area (TPSA) is 61.2 Å². The van der Waals surface area contributed by atoms with Crippen LogP contribution in [-0.2, 0) is 0 Å². The molecule has 0 fully saturated rings. The third-order valence-electron chi connectivity index (χ3n) is 5.93. The number of aromatic nitrogens is 3. The highest BCUT2D eigenvalue weighted by Crippen LogP contribution is 2.50. The van der Waals surface area contributed by atoms with Crippen molar-refractivity contribution in [1.82, 2.24) is 14.8 Å². The number of nitrogens with zero attached hydrogens (tertiary/aromatic N) is 3. The van der Waals surface area contributed by atoms with Gasteiger partial charge in [-0.05, 0) is 47.5 Å². The summed E-state index contributed by atoms with van der Waals surface area (Å²) in [6, 6.07) is 24.3. The Labute approximate surface area is 193 Å². The first kappa shape index (κ1) is 19.1. The van der Waals surface area contributed by atoms with E-state index in [1.807, 2.05) is 47.1 Å². The van der Waals surface area contributed by atoms with E-state index in [9.17, 15) is 0 Å². The van der Waals surface area contributed by atoms with Crippen LogP contribution in [0.2, 0.25) is 0 Å². The number of fused-ring (bicyclic) bond motifs is 3. The Balaban J connectivity index is 1.60. The molecule has 7 heteroatoms. The molecule has 158 valence electrons. The van der Waals surface area contributed by atoms with Gasteiger partial charge in [0.1, 0.15) is 30.0 Å². The van der Waals surface area contributed by atoms with Gasteiger partial charge in [0.2, 0.25) is 5.95 Å². The first-order chi connectivity index (χ1) is 15.7. The molecule has 2 atom stereocenters. The van der Waals surface area contributed by atoms with Gasteiger partial charge in [-0.1, -0.05) is 52.3 Å². The summed E-state index contributed by atoms with van der Waals surface area (Å²) in [5.74, 6) is 2.36. The van der Waals surface area contributed by atoms with E-state index in [0.717, 1.165) is 43.9 Å². The Morgan fingerprint density at radius 2 is 1.72 bits per heavy atom. The van der Waals surface area contributed by atoms with Gasteiger partial charge in [-0.3, -0.25) is 0 Å². The van der Waals surface area contributed by atoms with Gasteiger partial charge < -0.3 is 14.8 Å². The molecule has 4 aromatic rings. The summed E-state index contributed by atoms with van der Waals surface area (Å²) in [7, 11) is 1.67. The lowest BCUT2D eigenvalue weighted by Gasteiger charge is -2.39. The standard InChI is InChI=1S/C25H19BrN4O2/c1-31-18-12-8-15(9-13-18)23-21-22(29-25-27-14-28-30(23)25)19-4-2-3-5-20(19)32-24(21)16-6-10-17(26)11-7-16/h2-14,23-24H,1H3,(H,27,28,29)/t23-,24+/m0/s1. The van der Waals surface area contributed by atoms with Crippen LogP contribution in [0.3, 0.4) is 0 Å². The zero-order valence-corrected chi connectivity index (χ0v) is 18.8. The normalized spacial score (nSPS) is 18.7. The van der Waals surface area contributed by atoms with Crippen molar-refractivity contribution in [3.05, 3.63) is 106 Å². The fourth-order valence-corrected chi connectivity index (χ4v) is 4.70. The maximum atomic E-state index is 6.62. The van der Waals surface area contributed by atoms with E-state index >= 15 is 0 Å². The largest absolute Gasteiger partial charge is 0.497 e. The minimum Gasteiger partial charge on any atom is -0.497 e. The molecule has 2 aliphatic rings. The van der Waals surface area contributed by atoms with Crippen molar-refractivity contribution in [3.8, 4) is 11.5 Å². The van der Waals surface area contributed by atoms with Gasteiger partial charge in [0.15, 0.2) is 0 Å². The summed E-state index contributed by atoms with van der Waals surface area (Å²) in [6.45, 7) is 0. The number of methoxy groups -OCH3 is 1. The number of nitrogens with one attached hydrogen (secondary N) is 1. The number of benzene rings is 3. The Morgan fingerprint density at radius 1 is 0.969 bits per heavy atom. The molecule has 32 heavy (non-hydrogen) atoms. The first-order valence-electron chi connectivity index (χ1n) is 10.3. The molecule has 0 radical (unpaired) electrons. The van der Waals surface area contributed by atoms with E-state index in [1.165, 1.54) is 0 Å². The molecule has 6 rings (SSSR count). The fourth-order valence-electron chi connectivity index (χ4n) is 4.44. The Morgan fingerprint density at radius 3 is 2.50 bits per heavy atom. The van der Waals surface area contributed by atoms with Crippen LogP contribution in [0, 0.1) is 0 Å². The zero-order chi connectivity index (χ0) is 21.7. The van der Waals surface area contributed by atoms with Gasteiger partial charge in [0.25, 0.3) is 0 Å². The summed E-state index contributed by atoms with van der Waals surface area (Å²) in [6.07, 6.45) is 1.29. The zero-order valence-electron chi connectivity index (χ0n) is 17.2. The van der Waals surface area contributed by atoms with Gasteiger partial charge in [-0.15, -0.1) is 0 Å². The van der Waals surface area contributed by atoms with Crippen molar-refractivity contribution >= 4 is 27.6 Å². The molecule has 1 aromatic heterocycles. The maximum Gasteiger partial charge on any atom is 0.226 e. The molecule has 1 N–H and O–H groups in total. The molecule has 2 aliphatic heterocycles. The van der Waals surface area contributed by atoms with E-state index in [-0.39, 0.29) is 12.1 Å². The molecular weight excluding hydrogens is 468 g/mol. The Hall–Kier alpha value is -3.58. The number of para-hydroxylation sites is 1. The Bertz CT molecular complexity index is 1330. The second-order valence-corrected chi connectivity index (χ2v) is 8.62. The SMILES string of the molecule is COc1ccc([C@H]2C3=C(Nc4ncnn42)c2ccccc2O[C@@H]3c2ccc(Br)cc2)cc1. The van der Waals surface area contributed by atoms with Crippen molar-refractivity contribution in [1.29, 1.82) is 0 Å². The quantitative estimate of drug-likeness (QED) is 0.407. The van der Waals surface area contributed by atoms with Gasteiger partial charge in [0.05, 0.1) is 12.8 Å². The lowest BCUT2D eigenvalue weighted by molar-refractivity contribution is 0.223. The van der Waals surface area contributed by atoms with Gasteiger partial charge in [-0.25, -0.2) is 4.68 Å². The van der Waals surface area contributed by atoms with Crippen LogP contribution in [-0.4, -0.2) is 21.9 Å². The van der Waals surface area contributed by atoms with Crippen LogP contribution in [0.5, 0.6) is 11.5 Å². The monoisotopic (exact) mass is 486 g/mol. The Kier molecular flexibility index (Phi) is 4.50. The highest BCUT2D eigenvalue weighted by Gasteiger charge is 2.40.